The zero-order chi connectivity index (χ0) is 14.0. The normalized spacial score (nSPS) is 14.4. The van der Waals surface area contributed by atoms with Gasteiger partial charge in [-0.15, -0.1) is 0 Å². The van der Waals surface area contributed by atoms with Crippen molar-refractivity contribution in [2.24, 2.45) is 5.73 Å². The standard InChI is InChI=1S/C12H13Cl2N3O2/c1-6(18)11(15)12-16-10(17-19-12)5-7-8(13)3-2-4-9(7)14/h2-4,6,11,18H,5,15H2,1H3/t6-,11+/m1/s1. The fourth-order valence-corrected chi connectivity index (χ4v) is 2.07. The Morgan fingerprint density at radius 3 is 2.58 bits per heavy atom. The summed E-state index contributed by atoms with van der Waals surface area (Å²) in [7, 11) is 0. The Labute approximate surface area is 120 Å². The van der Waals surface area contributed by atoms with Crippen LogP contribution in [0.3, 0.4) is 0 Å². The molecular formula is C12H13Cl2N3O2. The Balaban J connectivity index is 2.21. The number of aliphatic hydroxyl groups is 1. The van der Waals surface area contributed by atoms with E-state index < -0.39 is 12.1 Å². The summed E-state index contributed by atoms with van der Waals surface area (Å²) in [6.07, 6.45) is -0.425. The van der Waals surface area contributed by atoms with Gasteiger partial charge in [0.1, 0.15) is 6.04 Å². The van der Waals surface area contributed by atoms with Crippen LogP contribution in [0.4, 0.5) is 0 Å². The van der Waals surface area contributed by atoms with E-state index in [2.05, 4.69) is 10.1 Å². The molecule has 1 aromatic carbocycles. The molecular weight excluding hydrogens is 289 g/mol. The molecule has 1 heterocycles. The van der Waals surface area contributed by atoms with E-state index in [1.165, 1.54) is 0 Å². The smallest absolute Gasteiger partial charge is 0.246 e. The molecule has 102 valence electrons. The van der Waals surface area contributed by atoms with Crippen LogP contribution in [-0.2, 0) is 6.42 Å². The van der Waals surface area contributed by atoms with Crippen LogP contribution < -0.4 is 5.73 Å². The Kier molecular flexibility index (Phi) is 4.42. The predicted octanol–water partition coefficient (Wildman–Crippen LogP) is 2.35. The number of hydrogen-bond donors (Lipinski definition) is 2. The number of nitrogens with zero attached hydrogens (tertiary/aromatic N) is 2. The maximum absolute atomic E-state index is 9.37. The van der Waals surface area contributed by atoms with E-state index in [4.69, 9.17) is 33.5 Å². The molecule has 0 spiro atoms. The van der Waals surface area contributed by atoms with Crippen molar-refractivity contribution in [3.05, 3.63) is 45.5 Å². The van der Waals surface area contributed by atoms with Crippen LogP contribution >= 0.6 is 23.2 Å². The highest BCUT2D eigenvalue weighted by Crippen LogP contribution is 2.26. The van der Waals surface area contributed by atoms with E-state index in [9.17, 15) is 5.11 Å². The Bertz CT molecular complexity index is 552. The molecule has 0 saturated carbocycles. The Hall–Kier alpha value is -1.14. The van der Waals surface area contributed by atoms with Gasteiger partial charge in [-0.05, 0) is 24.6 Å². The van der Waals surface area contributed by atoms with Crippen molar-refractivity contribution in [3.63, 3.8) is 0 Å². The molecule has 19 heavy (non-hydrogen) atoms. The molecule has 7 heteroatoms. The SMILES string of the molecule is C[C@@H](O)[C@H](N)c1nc(Cc2c(Cl)cccc2Cl)no1. The molecule has 0 radical (unpaired) electrons. The van der Waals surface area contributed by atoms with Gasteiger partial charge in [0, 0.05) is 16.5 Å². The average Bonchev–Trinajstić information content (AvgIpc) is 2.81. The molecule has 0 bridgehead atoms. The molecule has 5 nitrogen and oxygen atoms in total. The summed E-state index contributed by atoms with van der Waals surface area (Å²) in [4.78, 5) is 4.13. The zero-order valence-electron chi connectivity index (χ0n) is 10.2. The molecule has 0 aliphatic heterocycles. The van der Waals surface area contributed by atoms with Gasteiger partial charge in [-0.25, -0.2) is 0 Å². The number of rotatable bonds is 4. The Morgan fingerprint density at radius 2 is 2.00 bits per heavy atom. The lowest BCUT2D eigenvalue weighted by Crippen LogP contribution is -2.23. The molecule has 0 unspecified atom stereocenters. The summed E-state index contributed by atoms with van der Waals surface area (Å²) in [5, 5.41) is 14.3. The van der Waals surface area contributed by atoms with Gasteiger partial charge in [-0.3, -0.25) is 0 Å². The lowest BCUT2D eigenvalue weighted by atomic mass is 10.1. The molecule has 3 N–H and O–H groups in total. The van der Waals surface area contributed by atoms with E-state index in [1.54, 1.807) is 25.1 Å². The largest absolute Gasteiger partial charge is 0.391 e. The van der Waals surface area contributed by atoms with Crippen molar-refractivity contribution < 1.29 is 9.63 Å². The van der Waals surface area contributed by atoms with Crippen LogP contribution in [0.5, 0.6) is 0 Å². The second kappa shape index (κ2) is 5.88. The molecule has 0 aliphatic rings. The van der Waals surface area contributed by atoms with Gasteiger partial charge in [-0.2, -0.15) is 4.98 Å². The first-order valence-corrected chi connectivity index (χ1v) is 6.43. The molecule has 0 amide bonds. The first kappa shape index (κ1) is 14.3. The molecule has 2 atom stereocenters. The van der Waals surface area contributed by atoms with Gasteiger partial charge >= 0.3 is 0 Å². The number of aromatic nitrogens is 2. The summed E-state index contributed by atoms with van der Waals surface area (Å²) in [5.74, 6) is 0.606. The summed E-state index contributed by atoms with van der Waals surface area (Å²) in [6.45, 7) is 1.56. The third-order valence-electron chi connectivity index (χ3n) is 2.69. The molecule has 2 aromatic rings. The van der Waals surface area contributed by atoms with Crippen molar-refractivity contribution >= 4 is 23.2 Å². The molecule has 2 rings (SSSR count). The van der Waals surface area contributed by atoms with E-state index in [-0.39, 0.29) is 5.89 Å². The minimum atomic E-state index is -0.766. The van der Waals surface area contributed by atoms with Crippen molar-refractivity contribution in [2.45, 2.75) is 25.5 Å². The quantitative estimate of drug-likeness (QED) is 0.905. The van der Waals surface area contributed by atoms with Gasteiger partial charge in [-0.1, -0.05) is 34.4 Å². The van der Waals surface area contributed by atoms with Crippen LogP contribution in [0.1, 0.15) is 30.2 Å². The van der Waals surface area contributed by atoms with Crippen molar-refractivity contribution in [1.29, 1.82) is 0 Å². The predicted molar refractivity (Wildman–Crippen MR) is 72.2 cm³/mol. The Morgan fingerprint density at radius 1 is 1.37 bits per heavy atom. The van der Waals surface area contributed by atoms with E-state index in [0.29, 0.717) is 22.3 Å². The molecule has 1 aromatic heterocycles. The minimum Gasteiger partial charge on any atom is -0.391 e. The molecule has 0 aliphatic carbocycles. The van der Waals surface area contributed by atoms with Crippen LogP contribution in [-0.4, -0.2) is 21.4 Å². The summed E-state index contributed by atoms with van der Waals surface area (Å²) < 4.78 is 5.01. The number of aliphatic hydroxyl groups excluding tert-OH is 1. The van der Waals surface area contributed by atoms with Crippen LogP contribution in [0.15, 0.2) is 22.7 Å². The first-order chi connectivity index (χ1) is 8.99. The summed E-state index contributed by atoms with van der Waals surface area (Å²) >= 11 is 12.1. The number of benzene rings is 1. The maximum atomic E-state index is 9.37. The average molecular weight is 302 g/mol. The number of halogens is 2. The molecule has 0 fully saturated rings. The lowest BCUT2D eigenvalue weighted by Gasteiger charge is -2.08. The number of hydrogen-bond acceptors (Lipinski definition) is 5. The van der Waals surface area contributed by atoms with Crippen LogP contribution in [0.25, 0.3) is 0 Å². The third kappa shape index (κ3) is 3.25. The zero-order valence-corrected chi connectivity index (χ0v) is 11.7. The van der Waals surface area contributed by atoms with E-state index in [0.717, 1.165) is 5.56 Å². The fraction of sp³-hybridized carbons (Fsp3) is 0.333. The third-order valence-corrected chi connectivity index (χ3v) is 3.39. The van der Waals surface area contributed by atoms with Crippen LogP contribution in [0, 0.1) is 0 Å². The van der Waals surface area contributed by atoms with Crippen molar-refractivity contribution in [3.8, 4) is 0 Å². The summed E-state index contributed by atoms with van der Waals surface area (Å²) in [6, 6.07) is 4.54. The second-order valence-corrected chi connectivity index (χ2v) is 5.01. The van der Waals surface area contributed by atoms with Crippen LogP contribution in [0.2, 0.25) is 10.0 Å². The monoisotopic (exact) mass is 301 g/mol. The van der Waals surface area contributed by atoms with Gasteiger partial charge in [0.2, 0.25) is 5.89 Å². The highest BCUT2D eigenvalue weighted by atomic mass is 35.5. The summed E-state index contributed by atoms with van der Waals surface area (Å²) in [5.41, 5.74) is 6.43. The second-order valence-electron chi connectivity index (χ2n) is 4.19. The topological polar surface area (TPSA) is 85.2 Å². The van der Waals surface area contributed by atoms with Crippen molar-refractivity contribution in [2.75, 3.05) is 0 Å². The highest BCUT2D eigenvalue weighted by Gasteiger charge is 2.20. The highest BCUT2D eigenvalue weighted by molar-refractivity contribution is 6.36. The lowest BCUT2D eigenvalue weighted by molar-refractivity contribution is 0.146. The maximum Gasteiger partial charge on any atom is 0.246 e. The number of nitrogens with two attached hydrogens (primary N) is 1. The van der Waals surface area contributed by atoms with Gasteiger partial charge in [0.05, 0.1) is 6.10 Å². The molecule has 0 saturated heterocycles. The van der Waals surface area contributed by atoms with Crippen molar-refractivity contribution in [1.82, 2.24) is 10.1 Å². The van der Waals surface area contributed by atoms with E-state index in [1.807, 2.05) is 0 Å². The van der Waals surface area contributed by atoms with E-state index >= 15 is 0 Å². The van der Waals surface area contributed by atoms with Gasteiger partial charge in [0.15, 0.2) is 5.82 Å². The van der Waals surface area contributed by atoms with Gasteiger partial charge < -0.3 is 15.4 Å². The van der Waals surface area contributed by atoms with Gasteiger partial charge in [0.25, 0.3) is 0 Å². The minimum absolute atomic E-state index is 0.188. The fourth-order valence-electron chi connectivity index (χ4n) is 1.54. The first-order valence-electron chi connectivity index (χ1n) is 5.68.